The van der Waals surface area contributed by atoms with Gasteiger partial charge in [0.2, 0.25) is 0 Å². The van der Waals surface area contributed by atoms with Gasteiger partial charge in [0.15, 0.2) is 7.14 Å². The molecule has 0 amide bonds. The summed E-state index contributed by atoms with van der Waals surface area (Å²) in [6.45, 7) is 0. The van der Waals surface area contributed by atoms with E-state index in [-0.39, 0.29) is 21.2 Å². The lowest BCUT2D eigenvalue weighted by atomic mass is 10.3. The summed E-state index contributed by atoms with van der Waals surface area (Å²) >= 11 is -0.0449. The van der Waals surface area contributed by atoms with Crippen LogP contribution in [0.15, 0.2) is 54.6 Å². The molecule has 0 unspecified atom stereocenters. The molecule has 6 heteroatoms. The van der Waals surface area contributed by atoms with E-state index >= 15 is 0 Å². The first-order chi connectivity index (χ1) is 9.11. The van der Waals surface area contributed by atoms with Crippen LogP contribution in [0.25, 0.3) is 0 Å². The molecule has 2 aromatic carbocycles. The number of hydrogen-bond donors (Lipinski definition) is 2. The van der Waals surface area contributed by atoms with Crippen molar-refractivity contribution < 1.29 is 41.4 Å². The van der Waals surface area contributed by atoms with Gasteiger partial charge in [0.1, 0.15) is 10.7 Å². The fourth-order valence-electron chi connectivity index (χ4n) is 1.24. The number of ether oxygens (including phenoxy) is 1. The van der Waals surface area contributed by atoms with Crippen molar-refractivity contribution in [1.82, 2.24) is 0 Å². The first kappa shape index (κ1) is 15.2. The topological polar surface area (TPSA) is 69.8 Å². The summed E-state index contributed by atoms with van der Waals surface area (Å²) in [5, 5.41) is 12.5. The number of rotatable bonds is 3. The Balaban J connectivity index is 0.000000399. The van der Waals surface area contributed by atoms with Crippen LogP contribution in [-0.4, -0.2) is 22.6 Å². The van der Waals surface area contributed by atoms with E-state index in [2.05, 4.69) is 42.5 Å². The third-order valence-corrected chi connectivity index (χ3v) is 4.68. The van der Waals surface area contributed by atoms with Gasteiger partial charge in [-0.2, -0.15) is 0 Å². The molecule has 0 saturated heterocycles. The zero-order chi connectivity index (χ0) is 14.1. The van der Waals surface area contributed by atoms with Gasteiger partial charge >= 0.3 is 26.3 Å². The Labute approximate surface area is 121 Å². The fourth-order valence-corrected chi connectivity index (χ4v) is 3.45. The van der Waals surface area contributed by atoms with Crippen LogP contribution in [-0.2, 0) is 0 Å². The Kier molecular flexibility index (Phi) is 6.65. The standard InChI is InChI=1S/C13H12IO.H2NO3/c1-15-13-9-7-12(8-10-13)14-11-5-3-2-4-6-11;2-1(3)4/h2-10H,1H3;(H2,2,3,4)/q2*+1. The second-order valence-corrected chi connectivity index (χ2v) is 6.33. The highest BCUT2D eigenvalue weighted by Crippen LogP contribution is 2.06. The van der Waals surface area contributed by atoms with Crippen LogP contribution in [0.4, 0.5) is 0 Å². The minimum Gasteiger partial charge on any atom is -0.497 e. The smallest absolute Gasteiger partial charge is 0.472 e. The van der Waals surface area contributed by atoms with Crippen LogP contribution < -0.4 is 25.9 Å². The van der Waals surface area contributed by atoms with Crippen LogP contribution in [0.1, 0.15) is 0 Å². The Morgan fingerprint density at radius 3 is 1.89 bits per heavy atom. The molecular weight excluding hydrogens is 361 g/mol. The first-order valence-electron chi connectivity index (χ1n) is 5.30. The predicted molar refractivity (Wildman–Crippen MR) is 64.0 cm³/mol. The zero-order valence-electron chi connectivity index (χ0n) is 10.2. The molecular formula is C13H14INO4+2. The lowest BCUT2D eigenvalue weighted by molar-refractivity contribution is -0.969. The van der Waals surface area contributed by atoms with E-state index in [0.717, 1.165) is 5.75 Å². The molecule has 0 aliphatic rings. The largest absolute Gasteiger partial charge is 0.497 e. The molecule has 0 saturated carbocycles. The zero-order valence-corrected chi connectivity index (χ0v) is 12.4. The minimum absolute atomic E-state index is 0.0449. The van der Waals surface area contributed by atoms with Crippen molar-refractivity contribution in [2.75, 3.05) is 7.11 Å². The number of benzene rings is 2. The molecule has 0 spiro atoms. The van der Waals surface area contributed by atoms with Gasteiger partial charge in [0.05, 0.1) is 7.11 Å². The summed E-state index contributed by atoms with van der Waals surface area (Å²) in [5.74, 6) is 0.927. The van der Waals surface area contributed by atoms with Crippen LogP contribution in [0.2, 0.25) is 0 Å². The first-order valence-corrected chi connectivity index (χ1v) is 7.46. The van der Waals surface area contributed by atoms with Crippen LogP contribution >= 0.6 is 0 Å². The average Bonchev–Trinajstić information content (AvgIpc) is 2.40. The third kappa shape index (κ3) is 6.61. The van der Waals surface area contributed by atoms with Gasteiger partial charge in [-0.3, -0.25) is 0 Å². The Bertz CT molecular complexity index is 498. The number of methoxy groups -OCH3 is 1. The molecule has 100 valence electrons. The number of hydrogen-bond acceptors (Lipinski definition) is 2. The van der Waals surface area contributed by atoms with Gasteiger partial charge in [-0.15, -0.1) is 0 Å². The van der Waals surface area contributed by atoms with Crippen molar-refractivity contribution in [2.45, 2.75) is 0 Å². The van der Waals surface area contributed by atoms with Crippen LogP contribution in [0.3, 0.4) is 0 Å². The van der Waals surface area contributed by atoms with E-state index in [1.165, 1.54) is 7.14 Å². The van der Waals surface area contributed by atoms with Gasteiger partial charge in [0.25, 0.3) is 0 Å². The van der Waals surface area contributed by atoms with Crippen LogP contribution in [0, 0.1) is 12.0 Å². The maximum atomic E-state index is 8.47. The lowest BCUT2D eigenvalue weighted by Gasteiger charge is -1.95. The summed E-state index contributed by atoms with van der Waals surface area (Å²) in [4.78, 5) is 8.47. The van der Waals surface area contributed by atoms with E-state index in [1.807, 2.05) is 12.1 Å². The molecule has 19 heavy (non-hydrogen) atoms. The molecule has 2 rings (SSSR count). The second kappa shape index (κ2) is 8.30. The summed E-state index contributed by atoms with van der Waals surface area (Å²) < 4.78 is 7.99. The molecule has 2 N–H and O–H groups in total. The van der Waals surface area contributed by atoms with Gasteiger partial charge in [-0.25, -0.2) is 10.4 Å². The molecule has 0 aromatic heterocycles. The predicted octanol–water partition coefficient (Wildman–Crippen LogP) is -0.633. The summed E-state index contributed by atoms with van der Waals surface area (Å²) in [6.07, 6.45) is 0. The van der Waals surface area contributed by atoms with Crippen LogP contribution in [0.5, 0.6) is 5.75 Å². The highest BCUT2D eigenvalue weighted by Gasteiger charge is 2.13. The van der Waals surface area contributed by atoms with Gasteiger partial charge in [0, 0.05) is 0 Å². The quantitative estimate of drug-likeness (QED) is 0.554. The summed E-state index contributed by atoms with van der Waals surface area (Å²) in [7, 11) is 1.70. The van der Waals surface area contributed by atoms with Crippen molar-refractivity contribution in [2.24, 2.45) is 0 Å². The lowest BCUT2D eigenvalue weighted by Crippen LogP contribution is -3.61. The maximum Gasteiger partial charge on any atom is 0.472 e. The van der Waals surface area contributed by atoms with E-state index in [1.54, 1.807) is 7.11 Å². The van der Waals surface area contributed by atoms with Gasteiger partial charge in [-0.05, 0) is 36.4 Å². The van der Waals surface area contributed by atoms with E-state index in [0.29, 0.717) is 0 Å². The summed E-state index contributed by atoms with van der Waals surface area (Å²) in [6, 6.07) is 19.0. The van der Waals surface area contributed by atoms with E-state index in [9.17, 15) is 0 Å². The summed E-state index contributed by atoms with van der Waals surface area (Å²) in [5.41, 5.74) is 0. The molecule has 0 fully saturated rings. The second-order valence-electron chi connectivity index (χ2n) is 3.30. The van der Waals surface area contributed by atoms with Crippen molar-refractivity contribution in [3.05, 3.63) is 66.6 Å². The Hall–Kier alpha value is -1.83. The minimum atomic E-state index is -1.25. The molecule has 0 atom stereocenters. The molecule has 0 heterocycles. The molecule has 0 aliphatic carbocycles. The van der Waals surface area contributed by atoms with E-state index < -0.39 is 5.09 Å². The van der Waals surface area contributed by atoms with Crippen molar-refractivity contribution in [3.8, 4) is 5.75 Å². The van der Waals surface area contributed by atoms with Crippen molar-refractivity contribution >= 4 is 0 Å². The number of halogens is 1. The molecule has 5 nitrogen and oxygen atoms in total. The maximum absolute atomic E-state index is 8.47. The highest BCUT2D eigenvalue weighted by atomic mass is 127. The third-order valence-electron chi connectivity index (χ3n) is 2.00. The SMILES string of the molecule is COc1ccc([I+]c2ccccc2)cc1.O=[N+](O)O. The fraction of sp³-hybridized carbons (Fsp3) is 0.0769. The molecule has 2 aromatic rings. The highest BCUT2D eigenvalue weighted by molar-refractivity contribution is 5.20. The molecule has 0 radical (unpaired) electrons. The van der Waals surface area contributed by atoms with Gasteiger partial charge in [-0.1, -0.05) is 18.2 Å². The Morgan fingerprint density at radius 2 is 1.42 bits per heavy atom. The normalized spacial score (nSPS) is 9.11. The monoisotopic (exact) mass is 375 g/mol. The number of nitrogens with zero attached hydrogens (tertiary/aromatic N) is 1. The van der Waals surface area contributed by atoms with Gasteiger partial charge < -0.3 is 4.74 Å². The molecule has 0 aliphatic heterocycles. The molecule has 0 bridgehead atoms. The van der Waals surface area contributed by atoms with Crippen molar-refractivity contribution in [1.29, 1.82) is 0 Å². The Morgan fingerprint density at radius 1 is 0.947 bits per heavy atom. The average molecular weight is 375 g/mol. The van der Waals surface area contributed by atoms with Crippen molar-refractivity contribution in [3.63, 3.8) is 0 Å². The van der Waals surface area contributed by atoms with E-state index in [4.69, 9.17) is 20.1 Å².